The number of aryl methyl sites for hydroxylation is 1. The molecule has 2 fully saturated rings. The number of nitrogens with one attached hydrogen (secondary N) is 2. The molecule has 3 heterocycles. The summed E-state index contributed by atoms with van der Waals surface area (Å²) in [7, 11) is -2.42. The fourth-order valence-corrected chi connectivity index (χ4v) is 5.53. The van der Waals surface area contributed by atoms with Crippen LogP contribution in [0.15, 0.2) is 35.6 Å². The third-order valence-corrected chi connectivity index (χ3v) is 8.37. The van der Waals surface area contributed by atoms with Crippen molar-refractivity contribution in [1.82, 2.24) is 29.7 Å². The molecule has 3 N–H and O–H groups in total. The second kappa shape index (κ2) is 9.63. The SMILES string of the molecule is Cc1cc(Nc2nc(N(C)c3c(F)cc(S(C)(=O)=O)cc3F)nc(-c3cn(C4CC(O)C4)cn3)c2C2CC2)n[nH]1. The van der Waals surface area contributed by atoms with Gasteiger partial charge in [-0.1, -0.05) is 0 Å². The minimum absolute atomic E-state index is 0.0207. The predicted molar refractivity (Wildman–Crippen MR) is 144 cm³/mol. The molecule has 14 heteroatoms. The molecule has 210 valence electrons. The van der Waals surface area contributed by atoms with E-state index in [-0.39, 0.29) is 24.0 Å². The molecule has 40 heavy (non-hydrogen) atoms. The number of hydrogen-bond acceptors (Lipinski definition) is 9. The Morgan fingerprint density at radius 2 is 1.85 bits per heavy atom. The monoisotopic (exact) mass is 570 g/mol. The molecule has 0 aliphatic heterocycles. The van der Waals surface area contributed by atoms with Gasteiger partial charge in [0.15, 0.2) is 27.3 Å². The van der Waals surface area contributed by atoms with Gasteiger partial charge in [-0.3, -0.25) is 5.10 Å². The van der Waals surface area contributed by atoms with E-state index < -0.39 is 32.1 Å². The van der Waals surface area contributed by atoms with Crippen LogP contribution in [0, 0.1) is 18.6 Å². The smallest absolute Gasteiger partial charge is 0.232 e. The Bertz CT molecular complexity index is 1690. The molecule has 3 aromatic heterocycles. The molecule has 2 aliphatic carbocycles. The lowest BCUT2D eigenvalue weighted by molar-refractivity contribution is 0.0485. The number of H-pyrrole nitrogens is 1. The van der Waals surface area contributed by atoms with Gasteiger partial charge < -0.3 is 19.9 Å². The molecule has 2 aliphatic rings. The van der Waals surface area contributed by atoms with Crippen molar-refractivity contribution < 1.29 is 22.3 Å². The standard InChI is InChI=1S/C26H28F2N8O3S/c1-13-6-21(34-33-13)30-25-22(14-4-5-14)23(20-11-36(12-29-20)15-7-16(37)8-15)31-26(32-25)35(2)24-18(27)9-17(10-19(24)28)40(3,38)39/h6,9-12,14-16,37H,4-5,7-8H2,1-3H3,(H2,30,31,32,33,34). The maximum absolute atomic E-state index is 15.2. The van der Waals surface area contributed by atoms with Crippen LogP contribution in [-0.2, 0) is 9.84 Å². The molecule has 4 aromatic rings. The minimum Gasteiger partial charge on any atom is -0.393 e. The maximum Gasteiger partial charge on any atom is 0.232 e. The first-order valence-corrected chi connectivity index (χ1v) is 14.7. The van der Waals surface area contributed by atoms with Crippen LogP contribution >= 0.6 is 0 Å². The summed E-state index contributed by atoms with van der Waals surface area (Å²) < 4.78 is 56.1. The van der Waals surface area contributed by atoms with Gasteiger partial charge in [0.25, 0.3) is 0 Å². The molecule has 0 amide bonds. The molecule has 2 saturated carbocycles. The van der Waals surface area contributed by atoms with E-state index in [1.165, 1.54) is 7.05 Å². The van der Waals surface area contributed by atoms with Gasteiger partial charge in [-0.25, -0.2) is 27.2 Å². The Kier molecular flexibility index (Phi) is 6.33. The van der Waals surface area contributed by atoms with E-state index in [9.17, 15) is 13.5 Å². The summed E-state index contributed by atoms with van der Waals surface area (Å²) in [4.78, 5) is 14.7. The Balaban J connectivity index is 1.48. The normalized spacial score (nSPS) is 18.9. The number of hydrogen-bond donors (Lipinski definition) is 3. The third-order valence-electron chi connectivity index (χ3n) is 7.28. The van der Waals surface area contributed by atoms with Crippen LogP contribution in [0.4, 0.5) is 32.1 Å². The van der Waals surface area contributed by atoms with Crippen molar-refractivity contribution >= 4 is 33.1 Å². The number of aromatic amines is 1. The second-order valence-corrected chi connectivity index (χ2v) is 12.5. The van der Waals surface area contributed by atoms with Crippen molar-refractivity contribution in [1.29, 1.82) is 0 Å². The quantitative estimate of drug-likeness (QED) is 0.285. The summed E-state index contributed by atoms with van der Waals surface area (Å²) >= 11 is 0. The largest absolute Gasteiger partial charge is 0.393 e. The average Bonchev–Trinajstić information content (AvgIpc) is 3.44. The summed E-state index contributed by atoms with van der Waals surface area (Å²) in [6, 6.07) is 3.50. The third kappa shape index (κ3) is 4.92. The van der Waals surface area contributed by atoms with Crippen molar-refractivity contribution in [3.05, 3.63) is 53.6 Å². The van der Waals surface area contributed by atoms with Gasteiger partial charge in [-0.2, -0.15) is 10.1 Å². The fourth-order valence-electron chi connectivity index (χ4n) is 4.90. The Morgan fingerprint density at radius 1 is 1.15 bits per heavy atom. The van der Waals surface area contributed by atoms with Crippen LogP contribution in [-0.4, -0.2) is 62.6 Å². The van der Waals surface area contributed by atoms with E-state index in [1.54, 1.807) is 6.33 Å². The summed E-state index contributed by atoms with van der Waals surface area (Å²) in [5.41, 5.74) is 2.24. The van der Waals surface area contributed by atoms with Crippen molar-refractivity contribution in [3.8, 4) is 11.4 Å². The van der Waals surface area contributed by atoms with Gasteiger partial charge in [-0.15, -0.1) is 0 Å². The van der Waals surface area contributed by atoms with Gasteiger partial charge in [-0.05, 0) is 50.7 Å². The van der Waals surface area contributed by atoms with E-state index in [0.717, 1.165) is 47.4 Å². The molecule has 0 saturated heterocycles. The van der Waals surface area contributed by atoms with Gasteiger partial charge in [0.1, 0.15) is 22.9 Å². The Hall–Kier alpha value is -3.91. The van der Waals surface area contributed by atoms with Crippen LogP contribution in [0.2, 0.25) is 0 Å². The number of rotatable bonds is 8. The van der Waals surface area contributed by atoms with Gasteiger partial charge in [0.05, 0.1) is 17.3 Å². The molecule has 0 atom stereocenters. The molecular weight excluding hydrogens is 542 g/mol. The van der Waals surface area contributed by atoms with E-state index in [4.69, 9.17) is 4.98 Å². The predicted octanol–water partition coefficient (Wildman–Crippen LogP) is 4.14. The molecule has 0 radical (unpaired) electrons. The molecule has 0 bridgehead atoms. The first kappa shape index (κ1) is 26.3. The molecular formula is C26H28F2N8O3S. The number of imidazole rings is 1. The van der Waals surface area contributed by atoms with Crippen LogP contribution in [0.5, 0.6) is 0 Å². The number of sulfone groups is 1. The van der Waals surface area contributed by atoms with Crippen molar-refractivity contribution in [2.75, 3.05) is 23.5 Å². The fraction of sp³-hybridized carbons (Fsp3) is 0.385. The Morgan fingerprint density at radius 3 is 2.42 bits per heavy atom. The highest BCUT2D eigenvalue weighted by Crippen LogP contribution is 2.48. The number of aliphatic hydroxyl groups is 1. The van der Waals surface area contributed by atoms with Crippen molar-refractivity contribution in [2.24, 2.45) is 0 Å². The van der Waals surface area contributed by atoms with E-state index in [1.807, 2.05) is 23.8 Å². The molecule has 0 unspecified atom stereocenters. The van der Waals surface area contributed by atoms with Crippen LogP contribution in [0.3, 0.4) is 0 Å². The van der Waals surface area contributed by atoms with Crippen LogP contribution < -0.4 is 10.2 Å². The van der Waals surface area contributed by atoms with Crippen LogP contribution in [0.1, 0.15) is 48.9 Å². The number of anilines is 4. The number of benzene rings is 1. The topological polar surface area (TPSA) is 142 Å². The van der Waals surface area contributed by atoms with Crippen molar-refractivity contribution in [3.63, 3.8) is 0 Å². The van der Waals surface area contributed by atoms with Gasteiger partial charge >= 0.3 is 0 Å². The molecule has 6 rings (SSSR count). The highest BCUT2D eigenvalue weighted by atomic mass is 32.2. The van der Waals surface area contributed by atoms with E-state index in [0.29, 0.717) is 35.9 Å². The van der Waals surface area contributed by atoms with E-state index >= 15 is 8.78 Å². The number of halogens is 2. The first-order valence-electron chi connectivity index (χ1n) is 12.8. The zero-order valence-corrected chi connectivity index (χ0v) is 22.9. The van der Waals surface area contributed by atoms with Crippen LogP contribution in [0.25, 0.3) is 11.4 Å². The number of aliphatic hydroxyl groups excluding tert-OH is 1. The zero-order valence-electron chi connectivity index (χ0n) is 22.1. The lowest BCUT2D eigenvalue weighted by atomic mass is 9.89. The Labute approximate surface area is 229 Å². The molecule has 0 spiro atoms. The highest BCUT2D eigenvalue weighted by molar-refractivity contribution is 7.90. The second-order valence-electron chi connectivity index (χ2n) is 10.5. The zero-order chi connectivity index (χ0) is 28.3. The van der Waals surface area contributed by atoms with E-state index in [2.05, 4.69) is 25.5 Å². The summed E-state index contributed by atoms with van der Waals surface area (Å²) in [6.45, 7) is 1.86. The first-order chi connectivity index (χ1) is 19.0. The molecule has 11 nitrogen and oxygen atoms in total. The summed E-state index contributed by atoms with van der Waals surface area (Å²) in [5.74, 6) is -1.04. The summed E-state index contributed by atoms with van der Waals surface area (Å²) in [6.07, 6.45) is 7.23. The highest BCUT2D eigenvalue weighted by Gasteiger charge is 2.35. The van der Waals surface area contributed by atoms with Gasteiger partial charge in [0.2, 0.25) is 5.95 Å². The lowest BCUT2D eigenvalue weighted by Crippen LogP contribution is -2.30. The lowest BCUT2D eigenvalue weighted by Gasteiger charge is -2.32. The average molecular weight is 571 g/mol. The summed E-state index contributed by atoms with van der Waals surface area (Å²) in [5, 5.41) is 20.1. The number of aromatic nitrogens is 6. The maximum atomic E-state index is 15.2. The van der Waals surface area contributed by atoms with Crippen molar-refractivity contribution in [2.45, 2.75) is 55.6 Å². The molecule has 1 aromatic carbocycles. The van der Waals surface area contributed by atoms with Gasteiger partial charge in [0, 0.05) is 42.9 Å². The minimum atomic E-state index is -3.83. The number of nitrogens with zero attached hydrogens (tertiary/aromatic N) is 6.